The minimum atomic E-state index is -0.567. The van der Waals surface area contributed by atoms with Gasteiger partial charge in [0.1, 0.15) is 18.1 Å². The minimum absolute atomic E-state index is 0.155. The van der Waals surface area contributed by atoms with Gasteiger partial charge in [-0.3, -0.25) is 4.79 Å². The lowest BCUT2D eigenvalue weighted by atomic mass is 10.1. The van der Waals surface area contributed by atoms with Crippen molar-refractivity contribution in [3.63, 3.8) is 0 Å². The quantitative estimate of drug-likeness (QED) is 0.632. The predicted octanol–water partition coefficient (Wildman–Crippen LogP) is 4.42. The molecule has 0 unspecified atom stereocenters. The average Bonchev–Trinajstić information content (AvgIpc) is 2.68. The molecule has 0 saturated heterocycles. The first kappa shape index (κ1) is 18.8. The summed E-state index contributed by atoms with van der Waals surface area (Å²) in [5.41, 5.74) is 2.19. The van der Waals surface area contributed by atoms with E-state index in [9.17, 15) is 4.79 Å². The molecule has 0 bridgehead atoms. The molecule has 3 rings (SSSR count). The van der Waals surface area contributed by atoms with Crippen LogP contribution in [0.2, 0.25) is 0 Å². The number of amides is 1. The van der Waals surface area contributed by atoms with Gasteiger partial charge in [0.25, 0.3) is 5.91 Å². The third-order valence-corrected chi connectivity index (χ3v) is 4.64. The minimum Gasteiger partial charge on any atom is -0.491 e. The van der Waals surface area contributed by atoms with Gasteiger partial charge in [-0.05, 0) is 49.4 Å². The van der Waals surface area contributed by atoms with Crippen LogP contribution < -0.4 is 14.8 Å². The molecule has 1 amide bonds. The molecule has 4 heteroatoms. The molecule has 0 aliphatic heterocycles. The van der Waals surface area contributed by atoms with Gasteiger partial charge in [0, 0.05) is 5.39 Å². The standard InChI is InChI=1S/C23H25NO3/c1-16-8-6-12-21(17(16)2)27-18(3)23(25)24-14-15-26-22-13-7-10-19-9-4-5-11-20(19)22/h4-13,18H,14-15H2,1-3H3,(H,24,25)/t18-/m0/s1. The third-order valence-electron chi connectivity index (χ3n) is 4.64. The van der Waals surface area contributed by atoms with E-state index >= 15 is 0 Å². The van der Waals surface area contributed by atoms with Gasteiger partial charge < -0.3 is 14.8 Å². The van der Waals surface area contributed by atoms with Crippen LogP contribution in [-0.2, 0) is 4.79 Å². The van der Waals surface area contributed by atoms with Crippen molar-refractivity contribution in [3.05, 3.63) is 71.8 Å². The molecular formula is C23H25NO3. The van der Waals surface area contributed by atoms with Crippen molar-refractivity contribution in [2.24, 2.45) is 0 Å². The van der Waals surface area contributed by atoms with Gasteiger partial charge in [-0.25, -0.2) is 0 Å². The van der Waals surface area contributed by atoms with Crippen LogP contribution >= 0.6 is 0 Å². The number of fused-ring (bicyclic) bond motifs is 1. The summed E-state index contributed by atoms with van der Waals surface area (Å²) in [5.74, 6) is 1.41. The molecular weight excluding hydrogens is 338 g/mol. The third kappa shape index (κ3) is 4.59. The number of nitrogens with one attached hydrogen (secondary N) is 1. The van der Waals surface area contributed by atoms with E-state index in [0.717, 1.165) is 33.4 Å². The van der Waals surface area contributed by atoms with Crippen molar-refractivity contribution in [1.82, 2.24) is 5.32 Å². The average molecular weight is 363 g/mol. The van der Waals surface area contributed by atoms with Crippen molar-refractivity contribution >= 4 is 16.7 Å². The summed E-state index contributed by atoms with van der Waals surface area (Å²) in [5, 5.41) is 5.07. The first-order chi connectivity index (χ1) is 13.1. The van der Waals surface area contributed by atoms with E-state index in [0.29, 0.717) is 13.2 Å². The largest absolute Gasteiger partial charge is 0.491 e. The van der Waals surface area contributed by atoms with Crippen molar-refractivity contribution in [2.45, 2.75) is 26.9 Å². The van der Waals surface area contributed by atoms with Crippen molar-refractivity contribution in [3.8, 4) is 11.5 Å². The SMILES string of the molecule is Cc1cccc(O[C@@H](C)C(=O)NCCOc2cccc3ccccc23)c1C. The zero-order valence-electron chi connectivity index (χ0n) is 16.0. The maximum absolute atomic E-state index is 12.3. The van der Waals surface area contributed by atoms with E-state index in [1.165, 1.54) is 0 Å². The zero-order valence-corrected chi connectivity index (χ0v) is 16.0. The van der Waals surface area contributed by atoms with Crippen LogP contribution in [0.15, 0.2) is 60.7 Å². The Labute approximate surface area is 160 Å². The Hall–Kier alpha value is -3.01. The highest BCUT2D eigenvalue weighted by Crippen LogP contribution is 2.25. The monoisotopic (exact) mass is 363 g/mol. The van der Waals surface area contributed by atoms with Crippen LogP contribution in [0.5, 0.6) is 11.5 Å². The van der Waals surface area contributed by atoms with Crippen molar-refractivity contribution in [1.29, 1.82) is 0 Å². The van der Waals surface area contributed by atoms with Crippen LogP contribution in [0.1, 0.15) is 18.1 Å². The summed E-state index contributed by atoms with van der Waals surface area (Å²) in [6.45, 7) is 6.59. The molecule has 0 aromatic heterocycles. The Morgan fingerprint density at radius 3 is 2.52 bits per heavy atom. The van der Waals surface area contributed by atoms with Crippen LogP contribution in [0.25, 0.3) is 10.8 Å². The summed E-state index contributed by atoms with van der Waals surface area (Å²) in [4.78, 5) is 12.3. The number of ether oxygens (including phenoxy) is 2. The predicted molar refractivity (Wildman–Crippen MR) is 108 cm³/mol. The van der Waals surface area contributed by atoms with E-state index in [1.807, 2.05) is 62.4 Å². The first-order valence-electron chi connectivity index (χ1n) is 9.17. The molecule has 3 aromatic rings. The van der Waals surface area contributed by atoms with E-state index in [4.69, 9.17) is 9.47 Å². The normalized spacial score (nSPS) is 11.8. The lowest BCUT2D eigenvalue weighted by Crippen LogP contribution is -2.38. The summed E-state index contributed by atoms with van der Waals surface area (Å²) >= 11 is 0. The van der Waals surface area contributed by atoms with Crippen molar-refractivity contribution in [2.75, 3.05) is 13.2 Å². The van der Waals surface area contributed by atoms with E-state index in [2.05, 4.69) is 17.4 Å². The molecule has 0 fully saturated rings. The highest BCUT2D eigenvalue weighted by molar-refractivity contribution is 5.88. The lowest BCUT2D eigenvalue weighted by molar-refractivity contribution is -0.127. The Bertz CT molecular complexity index is 931. The Kier molecular flexibility index (Phi) is 5.97. The topological polar surface area (TPSA) is 47.6 Å². The van der Waals surface area contributed by atoms with E-state index in [-0.39, 0.29) is 5.91 Å². The van der Waals surface area contributed by atoms with Gasteiger partial charge in [-0.15, -0.1) is 0 Å². The van der Waals surface area contributed by atoms with Crippen molar-refractivity contribution < 1.29 is 14.3 Å². The maximum atomic E-state index is 12.3. The molecule has 0 radical (unpaired) electrons. The molecule has 140 valence electrons. The molecule has 4 nitrogen and oxygen atoms in total. The zero-order chi connectivity index (χ0) is 19.2. The fraction of sp³-hybridized carbons (Fsp3) is 0.261. The number of aryl methyl sites for hydroxylation is 1. The maximum Gasteiger partial charge on any atom is 0.260 e. The lowest BCUT2D eigenvalue weighted by Gasteiger charge is -2.17. The molecule has 3 aromatic carbocycles. The molecule has 1 N–H and O–H groups in total. The smallest absolute Gasteiger partial charge is 0.260 e. The second kappa shape index (κ2) is 8.58. The van der Waals surface area contributed by atoms with Gasteiger partial charge in [0.2, 0.25) is 0 Å². The van der Waals surface area contributed by atoms with Gasteiger partial charge in [-0.2, -0.15) is 0 Å². The van der Waals surface area contributed by atoms with Gasteiger partial charge in [0.15, 0.2) is 6.10 Å². The number of benzene rings is 3. The van der Waals surface area contributed by atoms with E-state index in [1.54, 1.807) is 6.92 Å². The Morgan fingerprint density at radius 1 is 0.963 bits per heavy atom. The summed E-state index contributed by atoms with van der Waals surface area (Å²) in [7, 11) is 0. The van der Waals surface area contributed by atoms with Crippen LogP contribution in [-0.4, -0.2) is 25.2 Å². The summed E-state index contributed by atoms with van der Waals surface area (Å²) < 4.78 is 11.7. The highest BCUT2D eigenvalue weighted by Gasteiger charge is 2.15. The number of rotatable bonds is 7. The molecule has 0 spiro atoms. The van der Waals surface area contributed by atoms with E-state index < -0.39 is 6.10 Å². The van der Waals surface area contributed by atoms with Gasteiger partial charge >= 0.3 is 0 Å². The van der Waals surface area contributed by atoms with Crippen LogP contribution in [0.4, 0.5) is 0 Å². The molecule has 0 saturated carbocycles. The highest BCUT2D eigenvalue weighted by atomic mass is 16.5. The fourth-order valence-corrected chi connectivity index (χ4v) is 2.90. The molecule has 0 aliphatic carbocycles. The van der Waals surface area contributed by atoms with Crippen LogP contribution in [0, 0.1) is 13.8 Å². The summed E-state index contributed by atoms with van der Waals surface area (Å²) in [6.07, 6.45) is -0.567. The molecule has 27 heavy (non-hydrogen) atoms. The number of hydrogen-bond donors (Lipinski definition) is 1. The second-order valence-electron chi connectivity index (χ2n) is 6.57. The Balaban J connectivity index is 1.50. The molecule has 0 aliphatic rings. The van der Waals surface area contributed by atoms with Gasteiger partial charge in [-0.1, -0.05) is 48.5 Å². The van der Waals surface area contributed by atoms with Crippen LogP contribution in [0.3, 0.4) is 0 Å². The molecule has 1 atom stereocenters. The number of hydrogen-bond acceptors (Lipinski definition) is 3. The van der Waals surface area contributed by atoms with Gasteiger partial charge in [0.05, 0.1) is 6.54 Å². The summed E-state index contributed by atoms with van der Waals surface area (Å²) in [6, 6.07) is 19.9. The molecule has 0 heterocycles. The number of carbonyl (C=O) groups excluding carboxylic acids is 1. The first-order valence-corrected chi connectivity index (χ1v) is 9.17. The second-order valence-corrected chi connectivity index (χ2v) is 6.57. The Morgan fingerprint density at radius 2 is 1.67 bits per heavy atom. The number of carbonyl (C=O) groups is 1. The fourth-order valence-electron chi connectivity index (χ4n) is 2.90.